The SMILES string of the molecule is COc1ccc(C(C)(C)NC(=O)c2ccc(F)c(F)c2F)cc1. The molecule has 23 heavy (non-hydrogen) atoms. The predicted molar refractivity (Wildman–Crippen MR) is 79.8 cm³/mol. The third-order valence-electron chi connectivity index (χ3n) is 3.52. The van der Waals surface area contributed by atoms with E-state index in [1.165, 1.54) is 7.11 Å². The zero-order valence-corrected chi connectivity index (χ0v) is 12.9. The molecule has 0 aliphatic rings. The van der Waals surface area contributed by atoms with Crippen LogP contribution < -0.4 is 10.1 Å². The monoisotopic (exact) mass is 323 g/mol. The van der Waals surface area contributed by atoms with Gasteiger partial charge in [0, 0.05) is 0 Å². The molecule has 0 heterocycles. The molecule has 0 aliphatic heterocycles. The summed E-state index contributed by atoms with van der Waals surface area (Å²) in [5, 5.41) is 2.60. The van der Waals surface area contributed by atoms with Crippen LogP contribution >= 0.6 is 0 Å². The normalized spacial score (nSPS) is 11.2. The molecule has 3 nitrogen and oxygen atoms in total. The first-order valence-electron chi connectivity index (χ1n) is 6.87. The Kier molecular flexibility index (Phi) is 4.63. The lowest BCUT2D eigenvalue weighted by atomic mass is 9.93. The van der Waals surface area contributed by atoms with Crippen molar-refractivity contribution in [3.05, 3.63) is 65.0 Å². The number of hydrogen-bond acceptors (Lipinski definition) is 2. The van der Waals surface area contributed by atoms with E-state index < -0.39 is 34.5 Å². The van der Waals surface area contributed by atoms with Gasteiger partial charge in [0.05, 0.1) is 18.2 Å². The van der Waals surface area contributed by atoms with Crippen molar-refractivity contribution in [1.82, 2.24) is 5.32 Å². The van der Waals surface area contributed by atoms with Crippen LogP contribution in [0, 0.1) is 17.5 Å². The van der Waals surface area contributed by atoms with E-state index in [4.69, 9.17) is 4.74 Å². The molecule has 0 saturated heterocycles. The number of amides is 1. The van der Waals surface area contributed by atoms with Crippen molar-refractivity contribution in [3.8, 4) is 5.75 Å². The lowest BCUT2D eigenvalue weighted by Gasteiger charge is -2.27. The molecule has 0 unspecified atom stereocenters. The smallest absolute Gasteiger partial charge is 0.255 e. The highest BCUT2D eigenvalue weighted by Gasteiger charge is 2.26. The summed E-state index contributed by atoms with van der Waals surface area (Å²) in [6.07, 6.45) is 0. The summed E-state index contributed by atoms with van der Waals surface area (Å²) in [5.74, 6) is -4.69. The molecule has 0 aliphatic carbocycles. The van der Waals surface area contributed by atoms with Crippen molar-refractivity contribution in [3.63, 3.8) is 0 Å². The van der Waals surface area contributed by atoms with E-state index >= 15 is 0 Å². The van der Waals surface area contributed by atoms with Gasteiger partial charge in [-0.3, -0.25) is 4.79 Å². The average Bonchev–Trinajstić information content (AvgIpc) is 2.52. The minimum absolute atomic E-state index is 0.550. The summed E-state index contributed by atoms with van der Waals surface area (Å²) in [4.78, 5) is 12.2. The first-order valence-corrected chi connectivity index (χ1v) is 6.87. The standard InChI is InChI=1S/C17H16F3NO2/c1-17(2,10-4-6-11(23-3)7-5-10)21-16(22)12-8-9-13(18)15(20)14(12)19/h4-9H,1-3H3,(H,21,22). The second-order valence-corrected chi connectivity index (χ2v) is 5.53. The topological polar surface area (TPSA) is 38.3 Å². The largest absolute Gasteiger partial charge is 0.497 e. The third kappa shape index (κ3) is 3.47. The van der Waals surface area contributed by atoms with Crippen LogP contribution in [0.3, 0.4) is 0 Å². The molecule has 0 fully saturated rings. The molecule has 0 bridgehead atoms. The maximum absolute atomic E-state index is 13.7. The maximum atomic E-state index is 13.7. The van der Waals surface area contributed by atoms with Crippen LogP contribution in [0.4, 0.5) is 13.2 Å². The fourth-order valence-corrected chi connectivity index (χ4v) is 2.13. The minimum Gasteiger partial charge on any atom is -0.497 e. The highest BCUT2D eigenvalue weighted by atomic mass is 19.2. The van der Waals surface area contributed by atoms with Crippen LogP contribution in [0.1, 0.15) is 29.8 Å². The first kappa shape index (κ1) is 16.9. The highest BCUT2D eigenvalue weighted by molar-refractivity contribution is 5.95. The van der Waals surface area contributed by atoms with Crippen LogP contribution in [0.25, 0.3) is 0 Å². The summed E-state index contributed by atoms with van der Waals surface area (Å²) in [5.41, 5.74) is -0.652. The van der Waals surface area contributed by atoms with Crippen LogP contribution in [0.5, 0.6) is 5.75 Å². The van der Waals surface area contributed by atoms with Crippen molar-refractivity contribution in [2.75, 3.05) is 7.11 Å². The van der Waals surface area contributed by atoms with E-state index in [0.717, 1.165) is 11.6 Å². The Labute approximate surface area is 132 Å². The zero-order chi connectivity index (χ0) is 17.2. The number of carbonyl (C=O) groups excluding carboxylic acids is 1. The minimum atomic E-state index is -1.67. The number of benzene rings is 2. The van der Waals surface area contributed by atoms with E-state index in [1.54, 1.807) is 38.1 Å². The second-order valence-electron chi connectivity index (χ2n) is 5.53. The van der Waals surface area contributed by atoms with Gasteiger partial charge in [-0.15, -0.1) is 0 Å². The van der Waals surface area contributed by atoms with Gasteiger partial charge in [-0.1, -0.05) is 12.1 Å². The molecule has 122 valence electrons. The van der Waals surface area contributed by atoms with Gasteiger partial charge in [0.1, 0.15) is 5.75 Å². The number of methoxy groups -OCH3 is 1. The Morgan fingerprint density at radius 2 is 1.61 bits per heavy atom. The van der Waals surface area contributed by atoms with Gasteiger partial charge in [-0.05, 0) is 43.7 Å². The van der Waals surface area contributed by atoms with Crippen molar-refractivity contribution in [2.45, 2.75) is 19.4 Å². The summed E-state index contributed by atoms with van der Waals surface area (Å²) < 4.78 is 44.9. The summed E-state index contributed by atoms with van der Waals surface area (Å²) >= 11 is 0. The molecule has 1 amide bonds. The molecule has 2 aromatic rings. The molecule has 6 heteroatoms. The maximum Gasteiger partial charge on any atom is 0.255 e. The van der Waals surface area contributed by atoms with Gasteiger partial charge in [-0.2, -0.15) is 0 Å². The van der Waals surface area contributed by atoms with Crippen LogP contribution in [0.15, 0.2) is 36.4 Å². The molecule has 0 saturated carbocycles. The lowest BCUT2D eigenvalue weighted by Crippen LogP contribution is -2.41. The number of rotatable bonds is 4. The van der Waals surface area contributed by atoms with Crippen LogP contribution in [-0.4, -0.2) is 13.0 Å². The van der Waals surface area contributed by atoms with E-state index in [0.29, 0.717) is 11.8 Å². The Morgan fingerprint density at radius 3 is 2.17 bits per heavy atom. The quantitative estimate of drug-likeness (QED) is 0.870. The van der Waals surface area contributed by atoms with Crippen LogP contribution in [0.2, 0.25) is 0 Å². The highest BCUT2D eigenvalue weighted by Crippen LogP contribution is 2.24. The number of hydrogen-bond donors (Lipinski definition) is 1. The van der Waals surface area contributed by atoms with Gasteiger partial charge < -0.3 is 10.1 Å². The fourth-order valence-electron chi connectivity index (χ4n) is 2.13. The number of ether oxygens (including phenoxy) is 1. The first-order chi connectivity index (χ1) is 10.8. The van der Waals surface area contributed by atoms with E-state index in [9.17, 15) is 18.0 Å². The van der Waals surface area contributed by atoms with Crippen molar-refractivity contribution in [1.29, 1.82) is 0 Å². The zero-order valence-electron chi connectivity index (χ0n) is 12.9. The molecule has 0 spiro atoms. The van der Waals surface area contributed by atoms with E-state index in [-0.39, 0.29) is 0 Å². The summed E-state index contributed by atoms with van der Waals surface area (Å²) in [6, 6.07) is 8.57. The Bertz CT molecular complexity index is 727. The molecule has 0 aromatic heterocycles. The van der Waals surface area contributed by atoms with Gasteiger partial charge in [0.2, 0.25) is 0 Å². The Hall–Kier alpha value is -2.50. The molecule has 0 atom stereocenters. The molecule has 2 rings (SSSR count). The summed E-state index contributed by atoms with van der Waals surface area (Å²) in [6.45, 7) is 3.43. The van der Waals surface area contributed by atoms with Gasteiger partial charge in [-0.25, -0.2) is 13.2 Å². The number of halogens is 3. The Morgan fingerprint density at radius 1 is 1.00 bits per heavy atom. The Balaban J connectivity index is 2.25. The molecule has 1 N–H and O–H groups in total. The summed E-state index contributed by atoms with van der Waals surface area (Å²) in [7, 11) is 1.54. The lowest BCUT2D eigenvalue weighted by molar-refractivity contribution is 0.0906. The van der Waals surface area contributed by atoms with Crippen LogP contribution in [-0.2, 0) is 5.54 Å². The molecule has 2 aromatic carbocycles. The number of nitrogens with one attached hydrogen (secondary N) is 1. The van der Waals surface area contributed by atoms with Crippen molar-refractivity contribution < 1.29 is 22.7 Å². The van der Waals surface area contributed by atoms with E-state index in [2.05, 4.69) is 5.32 Å². The van der Waals surface area contributed by atoms with Gasteiger partial charge in [0.15, 0.2) is 17.5 Å². The molecule has 0 radical (unpaired) electrons. The molecular formula is C17H16F3NO2. The van der Waals surface area contributed by atoms with Gasteiger partial charge in [0.25, 0.3) is 5.91 Å². The fraction of sp³-hybridized carbons (Fsp3) is 0.235. The molecular weight excluding hydrogens is 307 g/mol. The van der Waals surface area contributed by atoms with Crippen molar-refractivity contribution in [2.24, 2.45) is 0 Å². The second kappa shape index (κ2) is 6.32. The average molecular weight is 323 g/mol. The van der Waals surface area contributed by atoms with Gasteiger partial charge >= 0.3 is 0 Å². The predicted octanol–water partition coefficient (Wildman–Crippen LogP) is 3.78. The van der Waals surface area contributed by atoms with E-state index in [1.807, 2.05) is 0 Å². The number of carbonyl (C=O) groups is 1. The third-order valence-corrected chi connectivity index (χ3v) is 3.52. The van der Waals surface area contributed by atoms with Crippen molar-refractivity contribution >= 4 is 5.91 Å².